The Morgan fingerprint density at radius 3 is 2.79 bits per heavy atom. The molecule has 0 fully saturated rings. The molecule has 2 aromatic heterocycles. The molecule has 0 saturated carbocycles. The van der Waals surface area contributed by atoms with E-state index in [1.807, 2.05) is 30.3 Å². The first-order chi connectivity index (χ1) is 6.86. The molecule has 2 heteroatoms. The summed E-state index contributed by atoms with van der Waals surface area (Å²) in [5.41, 5.74) is 4.48. The molecular weight excluding hydrogens is 172 g/mol. The van der Waals surface area contributed by atoms with Crippen molar-refractivity contribution >= 4 is 16.7 Å². The van der Waals surface area contributed by atoms with E-state index in [1.165, 1.54) is 11.2 Å². The molecule has 14 heavy (non-hydrogen) atoms. The molecule has 0 N–H and O–H groups in total. The Morgan fingerprint density at radius 1 is 1.00 bits per heavy atom. The first-order valence-corrected chi connectivity index (χ1v) is 4.69. The molecule has 0 aliphatic carbocycles. The van der Waals surface area contributed by atoms with Crippen LogP contribution in [-0.2, 0) is 0 Å². The van der Waals surface area contributed by atoms with Crippen molar-refractivity contribution in [2.24, 2.45) is 0 Å². The SMILES string of the molecule is Cc1cccc2nc3ccccc3n12. The maximum absolute atomic E-state index is 4.54. The van der Waals surface area contributed by atoms with Crippen LogP contribution in [0.4, 0.5) is 0 Å². The van der Waals surface area contributed by atoms with E-state index >= 15 is 0 Å². The number of aryl methyl sites for hydroxylation is 1. The van der Waals surface area contributed by atoms with Gasteiger partial charge in [0, 0.05) is 5.69 Å². The minimum atomic E-state index is 1.02. The number of fused-ring (bicyclic) bond motifs is 3. The number of hydrogen-bond donors (Lipinski definition) is 0. The predicted octanol–water partition coefficient (Wildman–Crippen LogP) is 2.80. The van der Waals surface area contributed by atoms with Crippen molar-refractivity contribution in [1.82, 2.24) is 9.38 Å². The number of benzene rings is 1. The zero-order chi connectivity index (χ0) is 9.54. The lowest BCUT2D eigenvalue weighted by molar-refractivity contribution is 1.13. The summed E-state index contributed by atoms with van der Waals surface area (Å²) < 4.78 is 2.18. The second-order valence-corrected chi connectivity index (χ2v) is 3.46. The minimum absolute atomic E-state index is 1.02. The minimum Gasteiger partial charge on any atom is -0.297 e. The maximum atomic E-state index is 4.54. The molecular formula is C12H10N2. The Hall–Kier alpha value is -1.83. The van der Waals surface area contributed by atoms with Crippen molar-refractivity contribution in [3.63, 3.8) is 0 Å². The van der Waals surface area contributed by atoms with Crippen LogP contribution in [0, 0.1) is 6.92 Å². The Balaban J connectivity index is 2.65. The van der Waals surface area contributed by atoms with Gasteiger partial charge in [0.1, 0.15) is 5.65 Å². The van der Waals surface area contributed by atoms with Gasteiger partial charge >= 0.3 is 0 Å². The Labute approximate surface area is 81.8 Å². The van der Waals surface area contributed by atoms with Gasteiger partial charge < -0.3 is 0 Å². The topological polar surface area (TPSA) is 17.3 Å². The van der Waals surface area contributed by atoms with Gasteiger partial charge in [-0.2, -0.15) is 0 Å². The highest BCUT2D eigenvalue weighted by Gasteiger charge is 2.03. The van der Waals surface area contributed by atoms with E-state index in [0.29, 0.717) is 0 Å². The Kier molecular flexibility index (Phi) is 1.39. The normalized spacial score (nSPS) is 11.2. The van der Waals surface area contributed by atoms with Gasteiger partial charge in [0.15, 0.2) is 0 Å². The highest BCUT2D eigenvalue weighted by Crippen LogP contribution is 2.17. The largest absolute Gasteiger partial charge is 0.297 e. The second-order valence-electron chi connectivity index (χ2n) is 3.46. The predicted molar refractivity (Wildman–Crippen MR) is 57.4 cm³/mol. The van der Waals surface area contributed by atoms with E-state index in [2.05, 4.69) is 28.4 Å². The molecule has 0 aliphatic heterocycles. The van der Waals surface area contributed by atoms with Gasteiger partial charge in [-0.25, -0.2) is 4.98 Å². The van der Waals surface area contributed by atoms with Crippen molar-refractivity contribution < 1.29 is 0 Å². The lowest BCUT2D eigenvalue weighted by Gasteiger charge is -1.99. The smallest absolute Gasteiger partial charge is 0.138 e. The average Bonchev–Trinajstić information content (AvgIpc) is 2.57. The van der Waals surface area contributed by atoms with Crippen LogP contribution in [0.2, 0.25) is 0 Å². The van der Waals surface area contributed by atoms with Crippen LogP contribution in [0.3, 0.4) is 0 Å². The highest BCUT2D eigenvalue weighted by atomic mass is 15.0. The summed E-state index contributed by atoms with van der Waals surface area (Å²) in [7, 11) is 0. The summed E-state index contributed by atoms with van der Waals surface area (Å²) in [4.78, 5) is 4.54. The van der Waals surface area contributed by atoms with Crippen LogP contribution in [0.5, 0.6) is 0 Å². The summed E-state index contributed by atoms with van der Waals surface area (Å²) in [6.45, 7) is 2.10. The van der Waals surface area contributed by atoms with Crippen LogP contribution >= 0.6 is 0 Å². The monoisotopic (exact) mass is 182 g/mol. The molecule has 0 unspecified atom stereocenters. The first kappa shape index (κ1) is 7.56. The van der Waals surface area contributed by atoms with Crippen molar-refractivity contribution in [3.05, 3.63) is 48.2 Å². The number of nitrogens with zero attached hydrogens (tertiary/aromatic N) is 2. The molecule has 3 rings (SSSR count). The van der Waals surface area contributed by atoms with Gasteiger partial charge in [-0.05, 0) is 31.2 Å². The number of rotatable bonds is 0. The summed E-state index contributed by atoms with van der Waals surface area (Å²) in [6.07, 6.45) is 0. The van der Waals surface area contributed by atoms with E-state index in [4.69, 9.17) is 0 Å². The molecule has 68 valence electrons. The van der Waals surface area contributed by atoms with E-state index in [-0.39, 0.29) is 0 Å². The average molecular weight is 182 g/mol. The van der Waals surface area contributed by atoms with E-state index in [1.54, 1.807) is 0 Å². The number of imidazole rings is 1. The second kappa shape index (κ2) is 2.58. The Bertz CT molecular complexity index is 608. The first-order valence-electron chi connectivity index (χ1n) is 4.69. The van der Waals surface area contributed by atoms with Crippen LogP contribution in [-0.4, -0.2) is 9.38 Å². The number of pyridine rings is 1. The summed E-state index contributed by atoms with van der Waals surface area (Å²) >= 11 is 0. The molecule has 0 saturated heterocycles. The van der Waals surface area contributed by atoms with Crippen molar-refractivity contribution in [2.45, 2.75) is 6.92 Å². The van der Waals surface area contributed by atoms with Gasteiger partial charge in [-0.1, -0.05) is 18.2 Å². The maximum Gasteiger partial charge on any atom is 0.138 e. The third kappa shape index (κ3) is 0.880. The lowest BCUT2D eigenvalue weighted by atomic mass is 10.3. The van der Waals surface area contributed by atoms with Crippen LogP contribution in [0.25, 0.3) is 16.7 Å². The van der Waals surface area contributed by atoms with Crippen LogP contribution < -0.4 is 0 Å². The number of para-hydroxylation sites is 2. The van der Waals surface area contributed by atoms with Crippen LogP contribution in [0.15, 0.2) is 42.5 Å². The van der Waals surface area contributed by atoms with Crippen LogP contribution in [0.1, 0.15) is 5.69 Å². The summed E-state index contributed by atoms with van der Waals surface area (Å²) in [5.74, 6) is 0. The van der Waals surface area contributed by atoms with Gasteiger partial charge in [-0.3, -0.25) is 4.40 Å². The highest BCUT2D eigenvalue weighted by molar-refractivity contribution is 5.80. The van der Waals surface area contributed by atoms with Crippen molar-refractivity contribution in [3.8, 4) is 0 Å². The zero-order valence-electron chi connectivity index (χ0n) is 7.94. The molecule has 0 atom stereocenters. The third-order valence-corrected chi connectivity index (χ3v) is 2.52. The lowest BCUT2D eigenvalue weighted by Crippen LogP contribution is -1.88. The molecule has 0 radical (unpaired) electrons. The molecule has 3 aromatic rings. The van der Waals surface area contributed by atoms with Crippen molar-refractivity contribution in [2.75, 3.05) is 0 Å². The molecule has 0 amide bonds. The quantitative estimate of drug-likeness (QED) is 0.522. The Morgan fingerprint density at radius 2 is 1.86 bits per heavy atom. The fourth-order valence-electron chi connectivity index (χ4n) is 1.88. The van der Waals surface area contributed by atoms with E-state index < -0.39 is 0 Å². The summed E-state index contributed by atoms with van der Waals surface area (Å²) in [6, 6.07) is 14.4. The fraction of sp³-hybridized carbons (Fsp3) is 0.0833. The molecule has 2 nitrogen and oxygen atoms in total. The van der Waals surface area contributed by atoms with Gasteiger partial charge in [0.2, 0.25) is 0 Å². The van der Waals surface area contributed by atoms with E-state index in [0.717, 1.165) is 11.2 Å². The van der Waals surface area contributed by atoms with Gasteiger partial charge in [0.05, 0.1) is 11.0 Å². The standard InChI is InChI=1S/C12H10N2/c1-9-5-4-8-12-13-10-6-2-3-7-11(10)14(9)12/h2-8H,1H3. The number of aromatic nitrogens is 2. The fourth-order valence-corrected chi connectivity index (χ4v) is 1.88. The molecule has 0 aliphatic rings. The molecule has 0 bridgehead atoms. The summed E-state index contributed by atoms with van der Waals surface area (Å²) in [5, 5.41) is 0. The van der Waals surface area contributed by atoms with E-state index in [9.17, 15) is 0 Å². The third-order valence-electron chi connectivity index (χ3n) is 2.52. The molecule has 0 spiro atoms. The number of hydrogen-bond acceptors (Lipinski definition) is 1. The molecule has 2 heterocycles. The molecule has 1 aromatic carbocycles. The zero-order valence-corrected chi connectivity index (χ0v) is 7.94. The van der Waals surface area contributed by atoms with Gasteiger partial charge in [0.25, 0.3) is 0 Å². The van der Waals surface area contributed by atoms with Crippen molar-refractivity contribution in [1.29, 1.82) is 0 Å². The van der Waals surface area contributed by atoms with Gasteiger partial charge in [-0.15, -0.1) is 0 Å².